The molecule has 7 heteroatoms. The molecule has 6 nitrogen and oxygen atoms in total. The quantitative estimate of drug-likeness (QED) is 0.713. The van der Waals surface area contributed by atoms with Crippen LogP contribution in [0, 0.1) is 5.92 Å². The van der Waals surface area contributed by atoms with Crippen LogP contribution in [0.25, 0.3) is 0 Å². The average molecular weight is 363 g/mol. The summed E-state index contributed by atoms with van der Waals surface area (Å²) in [5.41, 5.74) is -0.680. The topological polar surface area (TPSA) is 79.6 Å². The number of piperidine rings is 2. The van der Waals surface area contributed by atoms with Gasteiger partial charge >= 0.3 is 0 Å². The summed E-state index contributed by atoms with van der Waals surface area (Å²) in [7, 11) is 0. The molecule has 3 aliphatic rings. The van der Waals surface area contributed by atoms with Crippen molar-refractivity contribution in [3.63, 3.8) is 0 Å². The number of allylic oxidation sites excluding steroid dienone is 2. The van der Waals surface area contributed by atoms with Crippen molar-refractivity contribution in [1.29, 1.82) is 0 Å². The number of alkyl halides is 1. The molecule has 1 aromatic rings. The van der Waals surface area contributed by atoms with Gasteiger partial charge in [0.2, 0.25) is 11.8 Å². The van der Waals surface area contributed by atoms with Crippen molar-refractivity contribution in [2.24, 2.45) is 5.92 Å². The van der Waals surface area contributed by atoms with Gasteiger partial charge in [0, 0.05) is 13.0 Å². The van der Waals surface area contributed by atoms with E-state index in [1.54, 1.807) is 12.5 Å². The molecule has 5 atom stereocenters. The van der Waals surface area contributed by atoms with E-state index in [-0.39, 0.29) is 18.4 Å². The monoisotopic (exact) mass is 363 g/mol. The van der Waals surface area contributed by atoms with Crippen LogP contribution in [0.15, 0.2) is 41.2 Å². The molecule has 3 N–H and O–H groups in total. The van der Waals surface area contributed by atoms with E-state index in [1.165, 1.54) is 0 Å². The Morgan fingerprint density at radius 2 is 2.23 bits per heavy atom. The maximum Gasteiger partial charge on any atom is 0.228 e. The molecule has 0 amide bonds. The highest BCUT2D eigenvalue weighted by Gasteiger charge is 2.48. The summed E-state index contributed by atoms with van der Waals surface area (Å²) in [6, 6.07) is 0.00594. The summed E-state index contributed by atoms with van der Waals surface area (Å²) in [5.74, 6) is -0.831. The summed E-state index contributed by atoms with van der Waals surface area (Å²) in [4.78, 5) is 4.27. The van der Waals surface area contributed by atoms with E-state index in [9.17, 15) is 9.50 Å². The van der Waals surface area contributed by atoms with Gasteiger partial charge in [0.1, 0.15) is 12.4 Å². The van der Waals surface area contributed by atoms with Crippen LogP contribution in [0.5, 0.6) is 0 Å². The van der Waals surface area contributed by atoms with Crippen LogP contribution < -0.4 is 10.6 Å². The van der Waals surface area contributed by atoms with Crippen LogP contribution in [0.1, 0.15) is 44.0 Å². The van der Waals surface area contributed by atoms with E-state index in [0.29, 0.717) is 25.3 Å². The number of hydrogen-bond acceptors (Lipinski definition) is 6. The van der Waals surface area contributed by atoms with E-state index in [1.807, 2.05) is 24.3 Å². The van der Waals surface area contributed by atoms with Crippen molar-refractivity contribution in [2.45, 2.75) is 55.8 Å². The van der Waals surface area contributed by atoms with Crippen LogP contribution in [0.3, 0.4) is 0 Å². The maximum atomic E-state index is 13.9. The zero-order valence-electron chi connectivity index (χ0n) is 14.7. The Kier molecular flexibility index (Phi) is 4.96. The molecule has 2 fully saturated rings. The van der Waals surface area contributed by atoms with E-state index >= 15 is 0 Å². The smallest absolute Gasteiger partial charge is 0.228 e. The average Bonchev–Trinajstić information content (AvgIpc) is 3.17. The van der Waals surface area contributed by atoms with Gasteiger partial charge < -0.3 is 19.6 Å². The number of nitrogens with one attached hydrogen (secondary N) is 2. The number of oxazole rings is 1. The molecule has 4 unspecified atom stereocenters. The zero-order valence-corrected chi connectivity index (χ0v) is 14.7. The number of aromatic nitrogens is 1. The molecule has 4 rings (SSSR count). The van der Waals surface area contributed by atoms with Crippen LogP contribution in [0.2, 0.25) is 0 Å². The Labute approximate surface area is 152 Å². The molecule has 0 radical (unpaired) electrons. The molecule has 0 bridgehead atoms. The summed E-state index contributed by atoms with van der Waals surface area (Å²) < 4.78 is 25.6. The molecule has 2 saturated heterocycles. The standard InChI is InChI=1S/C19H26FN3O3/c20-15-5-9-23-19(24,13-15)26-18(6-2-1-3-7-18)14-4-8-21-16(12-14)17-22-10-11-25-17/h1-3,6,10-11,14-16,21,23-24H,4-5,7-9,12-13H2/t14?,15?,16-,18?,19?/m0/s1. The normalized spacial score (nSPS) is 40.6. The lowest BCUT2D eigenvalue weighted by molar-refractivity contribution is -0.298. The number of aliphatic hydroxyl groups is 1. The molecule has 26 heavy (non-hydrogen) atoms. The highest BCUT2D eigenvalue weighted by atomic mass is 19.1. The Morgan fingerprint density at radius 1 is 1.31 bits per heavy atom. The van der Waals surface area contributed by atoms with E-state index < -0.39 is 17.7 Å². The molecule has 142 valence electrons. The van der Waals surface area contributed by atoms with E-state index in [0.717, 1.165) is 19.4 Å². The van der Waals surface area contributed by atoms with Gasteiger partial charge in [0.25, 0.3) is 0 Å². The Balaban J connectivity index is 1.56. The number of hydrogen-bond donors (Lipinski definition) is 3. The molecule has 2 aliphatic heterocycles. The van der Waals surface area contributed by atoms with Crippen LogP contribution in [0.4, 0.5) is 4.39 Å². The van der Waals surface area contributed by atoms with Crippen LogP contribution in [-0.2, 0) is 4.74 Å². The Morgan fingerprint density at radius 3 is 2.96 bits per heavy atom. The molecule has 0 aromatic carbocycles. The van der Waals surface area contributed by atoms with Crippen LogP contribution in [-0.4, -0.2) is 40.9 Å². The SMILES string of the molecule is OC1(OC2(C3CCN[C@H](c4ncco4)C3)C=CC=CC2)CC(F)CCN1. The highest BCUT2D eigenvalue weighted by Crippen LogP contribution is 2.43. The van der Waals surface area contributed by atoms with Crippen molar-refractivity contribution in [3.8, 4) is 0 Å². The van der Waals surface area contributed by atoms with Crippen molar-refractivity contribution in [3.05, 3.63) is 42.7 Å². The van der Waals surface area contributed by atoms with Gasteiger partial charge in [-0.1, -0.05) is 24.3 Å². The van der Waals surface area contributed by atoms with Crippen LogP contribution >= 0.6 is 0 Å². The predicted molar refractivity (Wildman–Crippen MR) is 93.8 cm³/mol. The third kappa shape index (κ3) is 3.62. The molecule has 1 aliphatic carbocycles. The number of halogens is 1. The second kappa shape index (κ2) is 7.23. The number of ether oxygens (including phenoxy) is 1. The Hall–Kier alpha value is -1.54. The minimum Gasteiger partial charge on any atom is -0.447 e. The van der Waals surface area contributed by atoms with Gasteiger partial charge in [-0.05, 0) is 38.1 Å². The first-order valence-corrected chi connectivity index (χ1v) is 9.37. The first kappa shape index (κ1) is 17.9. The lowest BCUT2D eigenvalue weighted by Gasteiger charge is -2.48. The van der Waals surface area contributed by atoms with Gasteiger partial charge in [-0.2, -0.15) is 0 Å². The largest absolute Gasteiger partial charge is 0.447 e. The lowest BCUT2D eigenvalue weighted by Crippen LogP contribution is -2.60. The molecule has 0 spiro atoms. The van der Waals surface area contributed by atoms with Gasteiger partial charge in [0.05, 0.1) is 17.8 Å². The third-order valence-corrected chi connectivity index (χ3v) is 5.62. The summed E-state index contributed by atoms with van der Waals surface area (Å²) in [5, 5.41) is 17.3. The van der Waals surface area contributed by atoms with E-state index in [2.05, 4.69) is 15.6 Å². The molecular formula is C19H26FN3O3. The highest BCUT2D eigenvalue weighted by molar-refractivity contribution is 5.21. The second-order valence-corrected chi connectivity index (χ2v) is 7.45. The fourth-order valence-corrected chi connectivity index (χ4v) is 4.33. The molecule has 3 heterocycles. The fourth-order valence-electron chi connectivity index (χ4n) is 4.33. The van der Waals surface area contributed by atoms with Gasteiger partial charge in [-0.15, -0.1) is 0 Å². The first-order chi connectivity index (χ1) is 12.6. The van der Waals surface area contributed by atoms with Gasteiger partial charge in [-0.25, -0.2) is 9.37 Å². The molecule has 1 aromatic heterocycles. The van der Waals surface area contributed by atoms with E-state index in [4.69, 9.17) is 9.15 Å². The second-order valence-electron chi connectivity index (χ2n) is 7.45. The minimum absolute atomic E-state index is 0.00594. The third-order valence-electron chi connectivity index (χ3n) is 5.62. The molecule has 0 saturated carbocycles. The number of rotatable bonds is 4. The van der Waals surface area contributed by atoms with Gasteiger partial charge in [0.15, 0.2) is 0 Å². The summed E-state index contributed by atoms with van der Waals surface area (Å²) in [6.07, 6.45) is 12.8. The number of nitrogens with zero attached hydrogens (tertiary/aromatic N) is 1. The summed E-state index contributed by atoms with van der Waals surface area (Å²) >= 11 is 0. The minimum atomic E-state index is -1.64. The lowest BCUT2D eigenvalue weighted by atomic mass is 9.74. The van der Waals surface area contributed by atoms with Crippen molar-refractivity contribution in [2.75, 3.05) is 13.1 Å². The zero-order chi connectivity index (χ0) is 18.0. The first-order valence-electron chi connectivity index (χ1n) is 9.37. The fraction of sp³-hybridized carbons (Fsp3) is 0.632. The van der Waals surface area contributed by atoms with Gasteiger partial charge in [-0.3, -0.25) is 5.32 Å². The van der Waals surface area contributed by atoms with Crippen molar-refractivity contribution >= 4 is 0 Å². The molecular weight excluding hydrogens is 337 g/mol. The predicted octanol–water partition coefficient (Wildman–Crippen LogP) is 2.35. The summed E-state index contributed by atoms with van der Waals surface area (Å²) in [6.45, 7) is 1.20. The van der Waals surface area contributed by atoms with Crippen molar-refractivity contribution in [1.82, 2.24) is 15.6 Å². The maximum absolute atomic E-state index is 13.9. The Bertz CT molecular complexity index is 665. The van der Waals surface area contributed by atoms with Crippen molar-refractivity contribution < 1.29 is 18.7 Å².